The summed E-state index contributed by atoms with van der Waals surface area (Å²) in [5.41, 5.74) is 1.19. The van der Waals surface area contributed by atoms with Crippen molar-refractivity contribution in [2.75, 3.05) is 13.2 Å². The smallest absolute Gasteiger partial charge is 0.329 e. The SMILES string of the molecule is Cc1cccc(C(=O)NC2(C(=O)O)CCOCC2)c1C. The maximum Gasteiger partial charge on any atom is 0.329 e. The van der Waals surface area contributed by atoms with Crippen molar-refractivity contribution in [3.63, 3.8) is 0 Å². The minimum atomic E-state index is -1.22. The number of nitrogens with one attached hydrogen (secondary N) is 1. The van der Waals surface area contributed by atoms with E-state index in [1.54, 1.807) is 12.1 Å². The minimum Gasteiger partial charge on any atom is -0.480 e. The van der Waals surface area contributed by atoms with E-state index in [9.17, 15) is 14.7 Å². The molecule has 1 aliphatic heterocycles. The molecule has 0 aliphatic carbocycles. The van der Waals surface area contributed by atoms with Gasteiger partial charge in [-0.05, 0) is 31.0 Å². The van der Waals surface area contributed by atoms with Crippen LogP contribution in [0.2, 0.25) is 0 Å². The van der Waals surface area contributed by atoms with E-state index in [-0.39, 0.29) is 5.91 Å². The van der Waals surface area contributed by atoms with Crippen molar-refractivity contribution < 1.29 is 19.4 Å². The Morgan fingerprint density at radius 3 is 2.50 bits per heavy atom. The molecule has 1 heterocycles. The highest BCUT2D eigenvalue weighted by molar-refractivity contribution is 5.99. The fourth-order valence-electron chi connectivity index (χ4n) is 2.39. The van der Waals surface area contributed by atoms with Crippen molar-refractivity contribution in [1.82, 2.24) is 5.32 Å². The van der Waals surface area contributed by atoms with Crippen LogP contribution in [0.3, 0.4) is 0 Å². The number of aryl methyl sites for hydroxylation is 1. The van der Waals surface area contributed by atoms with Crippen LogP contribution in [0.15, 0.2) is 18.2 Å². The average molecular weight is 277 g/mol. The number of ether oxygens (including phenoxy) is 1. The van der Waals surface area contributed by atoms with Gasteiger partial charge in [-0.25, -0.2) is 4.79 Å². The molecule has 1 fully saturated rings. The summed E-state index contributed by atoms with van der Waals surface area (Å²) in [4.78, 5) is 23.9. The molecule has 1 aromatic rings. The molecule has 1 aliphatic rings. The first-order valence-electron chi connectivity index (χ1n) is 6.66. The molecule has 0 bridgehead atoms. The van der Waals surface area contributed by atoms with E-state index < -0.39 is 11.5 Å². The van der Waals surface area contributed by atoms with Crippen LogP contribution in [0.4, 0.5) is 0 Å². The van der Waals surface area contributed by atoms with Crippen molar-refractivity contribution in [2.45, 2.75) is 32.2 Å². The monoisotopic (exact) mass is 277 g/mol. The number of carboxylic acids is 1. The van der Waals surface area contributed by atoms with E-state index in [0.29, 0.717) is 31.6 Å². The third-order valence-corrected chi connectivity index (χ3v) is 3.96. The summed E-state index contributed by atoms with van der Waals surface area (Å²) < 4.78 is 5.19. The lowest BCUT2D eigenvalue weighted by atomic mass is 9.89. The van der Waals surface area contributed by atoms with Gasteiger partial charge < -0.3 is 15.2 Å². The topological polar surface area (TPSA) is 75.6 Å². The summed E-state index contributed by atoms with van der Waals surface area (Å²) in [7, 11) is 0. The molecular weight excluding hydrogens is 258 g/mol. The van der Waals surface area contributed by atoms with Gasteiger partial charge in [-0.1, -0.05) is 12.1 Å². The van der Waals surface area contributed by atoms with Crippen LogP contribution in [0.25, 0.3) is 0 Å². The molecule has 5 nitrogen and oxygen atoms in total. The van der Waals surface area contributed by atoms with Crippen molar-refractivity contribution in [3.8, 4) is 0 Å². The maximum absolute atomic E-state index is 12.4. The van der Waals surface area contributed by atoms with Gasteiger partial charge in [0.25, 0.3) is 5.91 Å². The largest absolute Gasteiger partial charge is 0.480 e. The van der Waals surface area contributed by atoms with Crippen molar-refractivity contribution in [2.24, 2.45) is 0 Å². The van der Waals surface area contributed by atoms with Gasteiger partial charge in [0.1, 0.15) is 5.54 Å². The first-order chi connectivity index (χ1) is 9.46. The van der Waals surface area contributed by atoms with Gasteiger partial charge in [-0.2, -0.15) is 0 Å². The quantitative estimate of drug-likeness (QED) is 0.881. The first kappa shape index (κ1) is 14.5. The van der Waals surface area contributed by atoms with E-state index in [2.05, 4.69) is 5.32 Å². The van der Waals surface area contributed by atoms with Gasteiger partial charge in [-0.15, -0.1) is 0 Å². The molecule has 108 valence electrons. The van der Waals surface area contributed by atoms with Crippen LogP contribution in [-0.2, 0) is 9.53 Å². The van der Waals surface area contributed by atoms with E-state index in [0.717, 1.165) is 11.1 Å². The Morgan fingerprint density at radius 2 is 1.90 bits per heavy atom. The molecule has 0 atom stereocenters. The van der Waals surface area contributed by atoms with Crippen molar-refractivity contribution in [3.05, 3.63) is 34.9 Å². The van der Waals surface area contributed by atoms with E-state index in [1.165, 1.54) is 0 Å². The summed E-state index contributed by atoms with van der Waals surface area (Å²) in [5, 5.41) is 12.1. The standard InChI is InChI=1S/C15H19NO4/c1-10-4-3-5-12(11(10)2)13(17)16-15(14(18)19)6-8-20-9-7-15/h3-5H,6-9H2,1-2H3,(H,16,17)(H,18,19). The second-order valence-corrected chi connectivity index (χ2v) is 5.20. The van der Waals surface area contributed by atoms with E-state index in [4.69, 9.17) is 4.74 Å². The highest BCUT2D eigenvalue weighted by atomic mass is 16.5. The Kier molecular flexibility index (Phi) is 4.09. The lowest BCUT2D eigenvalue weighted by Gasteiger charge is -2.34. The molecule has 2 rings (SSSR count). The average Bonchev–Trinajstić information content (AvgIpc) is 2.42. The summed E-state index contributed by atoms with van der Waals surface area (Å²) in [5.74, 6) is -1.34. The third-order valence-electron chi connectivity index (χ3n) is 3.96. The number of aliphatic carboxylic acids is 1. The van der Waals surface area contributed by atoms with Gasteiger partial charge in [0, 0.05) is 31.6 Å². The summed E-state index contributed by atoms with van der Waals surface area (Å²) in [6, 6.07) is 5.44. The van der Waals surface area contributed by atoms with E-state index in [1.807, 2.05) is 19.9 Å². The Hall–Kier alpha value is -1.88. The number of amides is 1. The number of hydrogen-bond donors (Lipinski definition) is 2. The summed E-state index contributed by atoms with van der Waals surface area (Å²) >= 11 is 0. The maximum atomic E-state index is 12.4. The number of carbonyl (C=O) groups is 2. The second kappa shape index (κ2) is 5.63. The van der Waals surface area contributed by atoms with Crippen LogP contribution in [-0.4, -0.2) is 35.7 Å². The number of benzene rings is 1. The number of hydrogen-bond acceptors (Lipinski definition) is 3. The van der Waals surface area contributed by atoms with Crippen molar-refractivity contribution >= 4 is 11.9 Å². The van der Waals surface area contributed by atoms with Gasteiger partial charge >= 0.3 is 5.97 Å². The molecule has 1 saturated heterocycles. The molecule has 1 aromatic carbocycles. The molecule has 20 heavy (non-hydrogen) atoms. The number of rotatable bonds is 3. The van der Waals surface area contributed by atoms with Gasteiger partial charge in [0.2, 0.25) is 0 Å². The lowest BCUT2D eigenvalue weighted by Crippen LogP contribution is -2.57. The van der Waals surface area contributed by atoms with Crippen LogP contribution >= 0.6 is 0 Å². The fraction of sp³-hybridized carbons (Fsp3) is 0.467. The molecule has 5 heteroatoms. The zero-order valence-corrected chi connectivity index (χ0v) is 11.7. The minimum absolute atomic E-state index is 0.291. The number of carboxylic acid groups (broad SMARTS) is 1. The summed E-state index contributed by atoms with van der Waals surface area (Å²) in [6.07, 6.45) is 0.581. The first-order valence-corrected chi connectivity index (χ1v) is 6.66. The molecule has 1 amide bonds. The normalized spacial score (nSPS) is 17.5. The predicted molar refractivity (Wildman–Crippen MR) is 73.8 cm³/mol. The van der Waals surface area contributed by atoms with Crippen LogP contribution in [0, 0.1) is 13.8 Å². The second-order valence-electron chi connectivity index (χ2n) is 5.20. The van der Waals surface area contributed by atoms with E-state index >= 15 is 0 Å². The fourth-order valence-corrected chi connectivity index (χ4v) is 2.39. The Balaban J connectivity index is 2.25. The molecule has 0 unspecified atom stereocenters. The van der Waals surface area contributed by atoms with Gasteiger partial charge in [0.05, 0.1) is 0 Å². The molecule has 2 N–H and O–H groups in total. The molecule has 0 saturated carbocycles. The van der Waals surface area contributed by atoms with Crippen LogP contribution < -0.4 is 5.32 Å². The van der Waals surface area contributed by atoms with Gasteiger partial charge in [-0.3, -0.25) is 4.79 Å². The van der Waals surface area contributed by atoms with Crippen LogP contribution in [0.1, 0.15) is 34.3 Å². The lowest BCUT2D eigenvalue weighted by molar-refractivity contribution is -0.148. The summed E-state index contributed by atoms with van der Waals surface area (Å²) in [6.45, 7) is 4.48. The molecule has 0 radical (unpaired) electrons. The molecule has 0 spiro atoms. The molecular formula is C15H19NO4. The number of carbonyl (C=O) groups excluding carboxylic acids is 1. The molecule has 0 aromatic heterocycles. The van der Waals surface area contributed by atoms with Crippen LogP contribution in [0.5, 0.6) is 0 Å². The zero-order valence-electron chi connectivity index (χ0n) is 11.7. The zero-order chi connectivity index (χ0) is 14.8. The predicted octanol–water partition coefficient (Wildman–Crippen LogP) is 1.67. The Labute approximate surface area is 117 Å². The highest BCUT2D eigenvalue weighted by Crippen LogP contribution is 2.22. The Bertz CT molecular complexity index is 533. The van der Waals surface area contributed by atoms with Crippen molar-refractivity contribution in [1.29, 1.82) is 0 Å². The Morgan fingerprint density at radius 1 is 1.25 bits per heavy atom. The third kappa shape index (κ3) is 2.67. The highest BCUT2D eigenvalue weighted by Gasteiger charge is 2.41. The van der Waals surface area contributed by atoms with Gasteiger partial charge in [0.15, 0.2) is 0 Å².